The molecule has 0 rings (SSSR count). The highest BCUT2D eigenvalue weighted by Gasteiger charge is 2.00. The summed E-state index contributed by atoms with van der Waals surface area (Å²) in [5.41, 5.74) is 0. The Morgan fingerprint density at radius 1 is 0.452 bits per heavy atom. The van der Waals surface area contributed by atoms with Crippen LogP contribution in [0.1, 0.15) is 213 Å². The molecule has 0 aliphatic heterocycles. The minimum atomic E-state index is -0.653. The maximum atomic E-state index is 11.1. The Hall–Kier alpha value is -1.32. The van der Waals surface area contributed by atoms with E-state index in [4.69, 9.17) is 9.84 Å². The van der Waals surface area contributed by atoms with Crippen LogP contribution < -0.4 is 0 Å². The summed E-state index contributed by atoms with van der Waals surface area (Å²) < 4.78 is 4.91. The lowest BCUT2D eigenvalue weighted by atomic mass is 10.0. The van der Waals surface area contributed by atoms with Crippen molar-refractivity contribution in [3.05, 3.63) is 12.2 Å². The molecule has 0 saturated carbocycles. The summed E-state index contributed by atoms with van der Waals surface area (Å²) in [5.74, 6) is -0.695. The van der Waals surface area contributed by atoms with Crippen LogP contribution in [0.15, 0.2) is 12.2 Å². The quantitative estimate of drug-likeness (QED) is 0.0478. The third-order valence-corrected chi connectivity index (χ3v) is 7.94. The number of hydrogen-bond donors (Lipinski definition) is 1. The third-order valence-electron chi connectivity index (χ3n) is 7.94. The Bertz CT molecular complexity index is 557. The fourth-order valence-electron chi connectivity index (χ4n) is 5.22. The molecule has 0 atom stereocenters. The first-order valence-corrected chi connectivity index (χ1v) is 18.6. The molecule has 0 amide bonds. The Balaban J connectivity index is 0. The number of ether oxygens (including phenoxy) is 1. The van der Waals surface area contributed by atoms with Crippen LogP contribution in [-0.2, 0) is 14.3 Å². The van der Waals surface area contributed by atoms with Crippen molar-refractivity contribution in [3.8, 4) is 0 Å². The minimum Gasteiger partial charge on any atom is -0.481 e. The summed E-state index contributed by atoms with van der Waals surface area (Å²) >= 11 is 0. The van der Waals surface area contributed by atoms with Crippen molar-refractivity contribution in [1.82, 2.24) is 0 Å². The number of rotatable bonds is 32. The Labute approximate surface area is 263 Å². The molecule has 0 radical (unpaired) electrons. The number of carbonyl (C=O) groups is 2. The Kier molecular flexibility index (Phi) is 40.4. The fourth-order valence-corrected chi connectivity index (χ4v) is 5.22. The fraction of sp³-hybridized carbons (Fsp3) is 0.895. The molecule has 0 aromatic heterocycles. The molecule has 42 heavy (non-hydrogen) atoms. The SMILES string of the molecule is CCCCCCCCC=CCCCCCCCC(=O)OCC.CCCCCCCCCCCCCCCCCC(=O)O. The maximum Gasteiger partial charge on any atom is 0.305 e. The lowest BCUT2D eigenvalue weighted by molar-refractivity contribution is -0.143. The van der Waals surface area contributed by atoms with Gasteiger partial charge in [0.15, 0.2) is 0 Å². The average Bonchev–Trinajstić information content (AvgIpc) is 2.97. The molecule has 0 aromatic carbocycles. The number of unbranched alkanes of at least 4 members (excludes halogenated alkanes) is 25. The van der Waals surface area contributed by atoms with Crippen LogP contribution in [0.5, 0.6) is 0 Å². The van der Waals surface area contributed by atoms with E-state index < -0.39 is 5.97 Å². The van der Waals surface area contributed by atoms with Crippen molar-refractivity contribution in [3.63, 3.8) is 0 Å². The molecule has 0 heterocycles. The summed E-state index contributed by atoms with van der Waals surface area (Å²) in [4.78, 5) is 21.5. The zero-order valence-electron chi connectivity index (χ0n) is 28.7. The van der Waals surface area contributed by atoms with Gasteiger partial charge in [0, 0.05) is 12.8 Å². The molecule has 0 unspecified atom stereocenters. The van der Waals surface area contributed by atoms with Gasteiger partial charge in [0.2, 0.25) is 0 Å². The van der Waals surface area contributed by atoms with E-state index in [1.54, 1.807) is 0 Å². The molecule has 0 aliphatic rings. The zero-order chi connectivity index (χ0) is 31.2. The first-order valence-electron chi connectivity index (χ1n) is 18.6. The van der Waals surface area contributed by atoms with Gasteiger partial charge in [0.25, 0.3) is 0 Å². The maximum absolute atomic E-state index is 11.1. The number of allylic oxidation sites excluding steroid dienone is 2. The van der Waals surface area contributed by atoms with Crippen LogP contribution in [0.3, 0.4) is 0 Å². The Morgan fingerprint density at radius 3 is 1.10 bits per heavy atom. The molecule has 0 aliphatic carbocycles. The number of aliphatic carboxylic acids is 1. The summed E-state index contributed by atoms with van der Waals surface area (Å²) in [7, 11) is 0. The average molecular weight is 595 g/mol. The standard InChI is InChI=1S/C20H38O2.C18H36O2/c1-3-5-6-7-8-9-10-11-12-13-14-15-16-17-18-19-20(21)22-4-2;1-2-3-4-5-6-7-8-9-10-11-12-13-14-15-16-17-18(19)20/h11-12H,3-10,13-19H2,1-2H3;2-17H2,1H3,(H,19,20). The zero-order valence-corrected chi connectivity index (χ0v) is 28.7. The highest BCUT2D eigenvalue weighted by Crippen LogP contribution is 2.14. The molecule has 0 saturated heterocycles. The van der Waals surface area contributed by atoms with E-state index >= 15 is 0 Å². The van der Waals surface area contributed by atoms with Crippen LogP contribution >= 0.6 is 0 Å². The van der Waals surface area contributed by atoms with Gasteiger partial charge >= 0.3 is 11.9 Å². The second-order valence-electron chi connectivity index (χ2n) is 12.2. The summed E-state index contributed by atoms with van der Waals surface area (Å²) in [5, 5.41) is 8.52. The lowest BCUT2D eigenvalue weighted by Crippen LogP contribution is -2.03. The van der Waals surface area contributed by atoms with Crippen LogP contribution in [0.4, 0.5) is 0 Å². The number of carboxylic acids is 1. The lowest BCUT2D eigenvalue weighted by Gasteiger charge is -2.03. The first kappa shape index (κ1) is 42.8. The molecule has 250 valence electrons. The topological polar surface area (TPSA) is 63.6 Å². The molecule has 0 aromatic rings. The van der Waals surface area contributed by atoms with E-state index in [2.05, 4.69) is 26.0 Å². The number of carbonyl (C=O) groups excluding carboxylic acids is 1. The molecule has 4 heteroatoms. The second-order valence-corrected chi connectivity index (χ2v) is 12.2. The summed E-state index contributed by atoms with van der Waals surface area (Å²) in [6, 6.07) is 0. The van der Waals surface area contributed by atoms with Crippen molar-refractivity contribution in [2.45, 2.75) is 213 Å². The first-order chi connectivity index (χ1) is 20.6. The van der Waals surface area contributed by atoms with E-state index in [0.717, 1.165) is 25.7 Å². The van der Waals surface area contributed by atoms with Crippen molar-refractivity contribution in [1.29, 1.82) is 0 Å². The molecule has 4 nitrogen and oxygen atoms in total. The largest absolute Gasteiger partial charge is 0.481 e. The van der Waals surface area contributed by atoms with Gasteiger partial charge in [-0.15, -0.1) is 0 Å². The molecule has 1 N–H and O–H groups in total. The highest BCUT2D eigenvalue weighted by atomic mass is 16.5. The van der Waals surface area contributed by atoms with E-state index in [9.17, 15) is 9.59 Å². The van der Waals surface area contributed by atoms with Crippen molar-refractivity contribution in [2.24, 2.45) is 0 Å². The van der Waals surface area contributed by atoms with Crippen LogP contribution in [0, 0.1) is 0 Å². The van der Waals surface area contributed by atoms with Crippen LogP contribution in [0.2, 0.25) is 0 Å². The number of hydrogen-bond acceptors (Lipinski definition) is 3. The van der Waals surface area contributed by atoms with Crippen molar-refractivity contribution < 1.29 is 19.4 Å². The smallest absolute Gasteiger partial charge is 0.305 e. The normalized spacial score (nSPS) is 11.0. The predicted molar refractivity (Wildman–Crippen MR) is 183 cm³/mol. The number of esters is 1. The highest BCUT2D eigenvalue weighted by molar-refractivity contribution is 5.69. The summed E-state index contributed by atoms with van der Waals surface area (Å²) in [6.45, 7) is 6.90. The van der Waals surface area contributed by atoms with Gasteiger partial charge in [-0.2, -0.15) is 0 Å². The second kappa shape index (κ2) is 39.7. The van der Waals surface area contributed by atoms with E-state index in [-0.39, 0.29) is 5.97 Å². The Morgan fingerprint density at radius 2 is 0.762 bits per heavy atom. The van der Waals surface area contributed by atoms with E-state index in [0.29, 0.717) is 19.4 Å². The van der Waals surface area contributed by atoms with Crippen molar-refractivity contribution in [2.75, 3.05) is 6.61 Å². The van der Waals surface area contributed by atoms with Crippen molar-refractivity contribution >= 4 is 11.9 Å². The summed E-state index contributed by atoms with van der Waals surface area (Å²) in [6.07, 6.45) is 42.2. The predicted octanol–water partition coefficient (Wildman–Crippen LogP) is 12.9. The molecular weight excluding hydrogens is 520 g/mol. The van der Waals surface area contributed by atoms with Crippen LogP contribution in [-0.4, -0.2) is 23.7 Å². The van der Waals surface area contributed by atoms with Gasteiger partial charge in [-0.05, 0) is 45.4 Å². The molecule has 0 fully saturated rings. The molecular formula is C38H74O4. The van der Waals surface area contributed by atoms with Gasteiger partial charge in [-0.3, -0.25) is 9.59 Å². The monoisotopic (exact) mass is 595 g/mol. The van der Waals surface area contributed by atoms with E-state index in [1.807, 2.05) is 6.92 Å². The molecule has 0 spiro atoms. The van der Waals surface area contributed by atoms with Gasteiger partial charge in [0.05, 0.1) is 6.61 Å². The van der Waals surface area contributed by atoms with Gasteiger partial charge in [-0.25, -0.2) is 0 Å². The van der Waals surface area contributed by atoms with Gasteiger partial charge in [0.1, 0.15) is 0 Å². The molecule has 0 bridgehead atoms. The third kappa shape index (κ3) is 43.1. The number of carboxylic acid groups (broad SMARTS) is 1. The van der Waals surface area contributed by atoms with E-state index in [1.165, 1.54) is 154 Å². The van der Waals surface area contributed by atoms with Gasteiger partial charge < -0.3 is 9.84 Å². The minimum absolute atomic E-state index is 0.0415. The van der Waals surface area contributed by atoms with Crippen LogP contribution in [0.25, 0.3) is 0 Å². The van der Waals surface area contributed by atoms with Gasteiger partial charge in [-0.1, -0.05) is 167 Å².